The number of nitrogens with zero attached hydrogens (tertiary/aromatic N) is 2. The molecule has 2 rings (SSSR count). The molecular weight excluding hydrogens is 447 g/mol. The van der Waals surface area contributed by atoms with Crippen molar-refractivity contribution in [1.82, 2.24) is 15.8 Å². The zero-order valence-corrected chi connectivity index (χ0v) is 18.7. The standard InChI is InChI=1S/C18H32N4O3.HI/c1-5-19-18(20-8-6-9-24-16-7-10-23-12-16)21-11-13(2)17-14(3)22-25-15(17)4;/h13,16H,5-12H2,1-4H3,(H2,19,20,21);1H. The van der Waals surface area contributed by atoms with Crippen LogP contribution in [-0.4, -0.2) is 56.7 Å². The largest absolute Gasteiger partial charge is 0.379 e. The summed E-state index contributed by atoms with van der Waals surface area (Å²) in [6, 6.07) is 0. The lowest BCUT2D eigenvalue weighted by Gasteiger charge is -2.14. The first-order valence-electron chi connectivity index (χ1n) is 9.26. The molecule has 1 aromatic heterocycles. The van der Waals surface area contributed by atoms with Crippen LogP contribution >= 0.6 is 24.0 Å². The summed E-state index contributed by atoms with van der Waals surface area (Å²) in [6.07, 6.45) is 2.23. The van der Waals surface area contributed by atoms with Gasteiger partial charge in [-0.2, -0.15) is 0 Å². The van der Waals surface area contributed by atoms with Crippen molar-refractivity contribution in [1.29, 1.82) is 0 Å². The predicted molar refractivity (Wildman–Crippen MR) is 114 cm³/mol. The minimum atomic E-state index is 0. The van der Waals surface area contributed by atoms with Crippen LogP contribution < -0.4 is 10.6 Å². The van der Waals surface area contributed by atoms with E-state index in [0.29, 0.717) is 6.54 Å². The molecule has 0 amide bonds. The second-order valence-corrected chi connectivity index (χ2v) is 6.50. The number of halogens is 1. The van der Waals surface area contributed by atoms with Crippen LogP contribution in [0.25, 0.3) is 0 Å². The molecule has 8 heteroatoms. The fraction of sp³-hybridized carbons (Fsp3) is 0.778. The predicted octanol–water partition coefficient (Wildman–Crippen LogP) is 2.76. The van der Waals surface area contributed by atoms with Gasteiger partial charge in [0.1, 0.15) is 5.76 Å². The highest BCUT2D eigenvalue weighted by molar-refractivity contribution is 14.0. The maximum absolute atomic E-state index is 5.78. The van der Waals surface area contributed by atoms with E-state index < -0.39 is 0 Å². The normalized spacial score (nSPS) is 18.5. The lowest BCUT2D eigenvalue weighted by molar-refractivity contribution is 0.0420. The first-order valence-corrected chi connectivity index (χ1v) is 9.26. The second kappa shape index (κ2) is 12.5. The second-order valence-electron chi connectivity index (χ2n) is 6.50. The summed E-state index contributed by atoms with van der Waals surface area (Å²) in [7, 11) is 0. The first-order chi connectivity index (χ1) is 12.1. The van der Waals surface area contributed by atoms with Crippen molar-refractivity contribution in [3.63, 3.8) is 0 Å². The number of aromatic nitrogens is 1. The number of nitrogens with one attached hydrogen (secondary N) is 2. The maximum Gasteiger partial charge on any atom is 0.191 e. The summed E-state index contributed by atoms with van der Waals surface area (Å²) >= 11 is 0. The molecule has 1 saturated heterocycles. The van der Waals surface area contributed by atoms with Gasteiger partial charge in [0, 0.05) is 44.3 Å². The van der Waals surface area contributed by atoms with Crippen molar-refractivity contribution in [3.8, 4) is 0 Å². The van der Waals surface area contributed by atoms with Crippen molar-refractivity contribution in [3.05, 3.63) is 17.0 Å². The molecule has 0 bridgehead atoms. The van der Waals surface area contributed by atoms with Gasteiger partial charge in [-0.3, -0.25) is 4.99 Å². The van der Waals surface area contributed by atoms with Gasteiger partial charge in [-0.25, -0.2) is 0 Å². The third kappa shape index (κ3) is 7.40. The molecule has 1 aromatic rings. The molecule has 0 radical (unpaired) electrons. The van der Waals surface area contributed by atoms with Crippen LogP contribution in [0.3, 0.4) is 0 Å². The number of ether oxygens (including phenoxy) is 2. The summed E-state index contributed by atoms with van der Waals surface area (Å²) in [5, 5.41) is 10.7. The summed E-state index contributed by atoms with van der Waals surface area (Å²) in [6.45, 7) is 12.8. The van der Waals surface area contributed by atoms with Gasteiger partial charge < -0.3 is 24.6 Å². The molecule has 1 fully saturated rings. The Morgan fingerprint density at radius 2 is 2.19 bits per heavy atom. The van der Waals surface area contributed by atoms with Crippen molar-refractivity contribution in [2.75, 3.05) is 39.5 Å². The summed E-state index contributed by atoms with van der Waals surface area (Å²) < 4.78 is 16.3. The average Bonchev–Trinajstić information content (AvgIpc) is 3.22. The lowest BCUT2D eigenvalue weighted by Crippen LogP contribution is -2.38. The molecule has 0 spiro atoms. The van der Waals surface area contributed by atoms with Gasteiger partial charge in [0.2, 0.25) is 0 Å². The zero-order valence-electron chi connectivity index (χ0n) is 16.3. The Hall–Kier alpha value is -0.870. The Labute approximate surface area is 173 Å². The molecule has 2 heterocycles. The Balaban J connectivity index is 0.00000338. The molecule has 0 aliphatic carbocycles. The van der Waals surface area contributed by atoms with E-state index in [1.807, 2.05) is 13.8 Å². The molecule has 0 saturated carbocycles. The zero-order chi connectivity index (χ0) is 18.1. The summed E-state index contributed by atoms with van der Waals surface area (Å²) in [5.41, 5.74) is 2.11. The quantitative estimate of drug-likeness (QED) is 0.245. The Morgan fingerprint density at radius 1 is 1.38 bits per heavy atom. The van der Waals surface area contributed by atoms with E-state index >= 15 is 0 Å². The van der Waals surface area contributed by atoms with E-state index in [4.69, 9.17) is 19.0 Å². The minimum absolute atomic E-state index is 0. The highest BCUT2D eigenvalue weighted by Gasteiger charge is 2.16. The SMILES string of the molecule is CCNC(=NCC(C)c1c(C)noc1C)NCCCOC1CCOC1.I. The van der Waals surface area contributed by atoms with Gasteiger partial charge in [0.25, 0.3) is 0 Å². The number of hydrogen-bond acceptors (Lipinski definition) is 5. The van der Waals surface area contributed by atoms with Crippen molar-refractivity contribution >= 4 is 29.9 Å². The molecule has 0 aromatic carbocycles. The fourth-order valence-corrected chi connectivity index (χ4v) is 3.03. The van der Waals surface area contributed by atoms with Gasteiger partial charge in [0.15, 0.2) is 5.96 Å². The van der Waals surface area contributed by atoms with Crippen LogP contribution in [-0.2, 0) is 9.47 Å². The van der Waals surface area contributed by atoms with Crippen molar-refractivity contribution in [2.24, 2.45) is 4.99 Å². The van der Waals surface area contributed by atoms with E-state index in [1.165, 1.54) is 0 Å². The van der Waals surface area contributed by atoms with Gasteiger partial charge in [-0.05, 0) is 33.6 Å². The molecule has 2 unspecified atom stereocenters. The number of aryl methyl sites for hydroxylation is 2. The third-order valence-corrected chi connectivity index (χ3v) is 4.30. The smallest absolute Gasteiger partial charge is 0.191 e. The Bertz CT molecular complexity index is 525. The van der Waals surface area contributed by atoms with Gasteiger partial charge >= 0.3 is 0 Å². The van der Waals surface area contributed by atoms with E-state index in [1.54, 1.807) is 0 Å². The van der Waals surface area contributed by atoms with E-state index in [-0.39, 0.29) is 36.0 Å². The van der Waals surface area contributed by atoms with Gasteiger partial charge in [0.05, 0.1) is 18.4 Å². The first kappa shape index (κ1) is 23.2. The fourth-order valence-electron chi connectivity index (χ4n) is 3.03. The van der Waals surface area contributed by atoms with Crippen LogP contribution in [0.2, 0.25) is 0 Å². The topological polar surface area (TPSA) is 80.9 Å². The number of guanidine groups is 1. The molecule has 26 heavy (non-hydrogen) atoms. The molecule has 2 atom stereocenters. The maximum atomic E-state index is 5.78. The van der Waals surface area contributed by atoms with E-state index in [0.717, 1.165) is 68.7 Å². The van der Waals surface area contributed by atoms with Crippen molar-refractivity contribution < 1.29 is 14.0 Å². The number of aliphatic imine (C=N–C) groups is 1. The monoisotopic (exact) mass is 480 g/mol. The van der Waals surface area contributed by atoms with Crippen LogP contribution in [0, 0.1) is 13.8 Å². The molecule has 7 nitrogen and oxygen atoms in total. The van der Waals surface area contributed by atoms with E-state index in [2.05, 4.69) is 29.6 Å². The van der Waals surface area contributed by atoms with Gasteiger partial charge in [-0.1, -0.05) is 12.1 Å². The van der Waals surface area contributed by atoms with E-state index in [9.17, 15) is 0 Å². The average molecular weight is 480 g/mol. The summed E-state index contributed by atoms with van der Waals surface area (Å²) in [4.78, 5) is 4.69. The minimum Gasteiger partial charge on any atom is -0.379 e. The van der Waals surface area contributed by atoms with Crippen LogP contribution in [0.5, 0.6) is 0 Å². The Kier molecular flexibility index (Phi) is 11.1. The third-order valence-electron chi connectivity index (χ3n) is 4.30. The molecular formula is C18H33IN4O3. The molecule has 1 aliphatic rings. The van der Waals surface area contributed by atoms with Crippen LogP contribution in [0.4, 0.5) is 0 Å². The molecule has 2 N–H and O–H groups in total. The molecule has 150 valence electrons. The Morgan fingerprint density at radius 3 is 2.81 bits per heavy atom. The lowest BCUT2D eigenvalue weighted by atomic mass is 10.00. The highest BCUT2D eigenvalue weighted by Crippen LogP contribution is 2.23. The highest BCUT2D eigenvalue weighted by atomic mass is 127. The number of rotatable bonds is 9. The van der Waals surface area contributed by atoms with Gasteiger partial charge in [-0.15, -0.1) is 24.0 Å². The van der Waals surface area contributed by atoms with Crippen LogP contribution in [0.15, 0.2) is 9.52 Å². The number of hydrogen-bond donors (Lipinski definition) is 2. The van der Waals surface area contributed by atoms with Crippen molar-refractivity contribution in [2.45, 2.75) is 52.6 Å². The van der Waals surface area contributed by atoms with Crippen LogP contribution in [0.1, 0.15) is 49.6 Å². The molecule has 1 aliphatic heterocycles. The summed E-state index contributed by atoms with van der Waals surface area (Å²) in [5.74, 6) is 1.99.